The molecule has 0 aliphatic carbocycles. The number of hydrogen-bond acceptors (Lipinski definition) is 4. The lowest BCUT2D eigenvalue weighted by Crippen LogP contribution is -2.29. The minimum atomic E-state index is -1.29. The predicted octanol–water partition coefficient (Wildman–Crippen LogP) is 5.14. The summed E-state index contributed by atoms with van der Waals surface area (Å²) >= 11 is 6.19. The highest BCUT2D eigenvalue weighted by Crippen LogP contribution is 2.36. The average molecular weight is 376 g/mol. The number of carbonyl (C=O) groups is 1. The van der Waals surface area contributed by atoms with Crippen molar-refractivity contribution in [3.8, 4) is 11.5 Å². The minimum absolute atomic E-state index is 0.410. The molecule has 0 aromatic heterocycles. The van der Waals surface area contributed by atoms with Crippen LogP contribution in [0.2, 0.25) is 5.02 Å². The summed E-state index contributed by atoms with van der Waals surface area (Å²) < 4.78 is 10.8. The maximum atomic E-state index is 10.9. The van der Waals surface area contributed by atoms with Crippen molar-refractivity contribution in [1.29, 1.82) is 0 Å². The van der Waals surface area contributed by atoms with E-state index in [4.69, 9.17) is 26.2 Å². The molecule has 6 heteroatoms. The van der Waals surface area contributed by atoms with Crippen molar-refractivity contribution < 1.29 is 19.4 Å². The summed E-state index contributed by atoms with van der Waals surface area (Å²) in [6.45, 7) is 4.24. The molecule has 1 heterocycles. The molecule has 1 aliphatic rings. The number of rotatable bonds is 6. The number of anilines is 1. The van der Waals surface area contributed by atoms with Gasteiger partial charge >= 0.3 is 6.16 Å². The first-order chi connectivity index (χ1) is 12.6. The smallest absolute Gasteiger partial charge is 0.493 e. The van der Waals surface area contributed by atoms with Crippen molar-refractivity contribution >= 4 is 23.4 Å². The Labute approximate surface area is 158 Å². The quantitative estimate of drug-likeness (QED) is 0.559. The third-order valence-electron chi connectivity index (χ3n) is 4.35. The zero-order chi connectivity index (χ0) is 18.5. The lowest BCUT2D eigenvalue weighted by Gasteiger charge is -2.32. The van der Waals surface area contributed by atoms with E-state index in [0.29, 0.717) is 23.9 Å². The highest BCUT2D eigenvalue weighted by Gasteiger charge is 2.22. The van der Waals surface area contributed by atoms with E-state index < -0.39 is 6.16 Å². The largest absolute Gasteiger partial charge is 0.511 e. The molecule has 1 aliphatic heterocycles. The van der Waals surface area contributed by atoms with Gasteiger partial charge in [0, 0.05) is 34.9 Å². The van der Waals surface area contributed by atoms with Gasteiger partial charge in [0.1, 0.15) is 11.5 Å². The molecule has 0 fully saturated rings. The van der Waals surface area contributed by atoms with Crippen LogP contribution in [0.5, 0.6) is 11.5 Å². The van der Waals surface area contributed by atoms with Crippen LogP contribution < -0.4 is 14.4 Å². The normalized spacial score (nSPS) is 13.2. The maximum Gasteiger partial charge on any atom is 0.511 e. The molecule has 0 saturated carbocycles. The second-order valence-electron chi connectivity index (χ2n) is 6.25. The van der Waals surface area contributed by atoms with Gasteiger partial charge < -0.3 is 19.5 Å². The third kappa shape index (κ3) is 4.22. The first-order valence-corrected chi connectivity index (χ1v) is 9.15. The third-order valence-corrected chi connectivity index (χ3v) is 4.58. The Balaban J connectivity index is 1.89. The van der Waals surface area contributed by atoms with Crippen LogP contribution in [0.3, 0.4) is 0 Å². The molecular formula is C20H22ClNO4. The Morgan fingerprint density at radius 1 is 1.27 bits per heavy atom. The van der Waals surface area contributed by atoms with Gasteiger partial charge in [0.2, 0.25) is 0 Å². The van der Waals surface area contributed by atoms with Gasteiger partial charge in [-0.05, 0) is 49.6 Å². The van der Waals surface area contributed by atoms with E-state index in [-0.39, 0.29) is 0 Å². The summed E-state index contributed by atoms with van der Waals surface area (Å²) in [6.07, 6.45) is 1.37. The van der Waals surface area contributed by atoms with Gasteiger partial charge in [-0.2, -0.15) is 0 Å². The molecule has 1 N–H and O–H groups in total. The van der Waals surface area contributed by atoms with Gasteiger partial charge in [-0.25, -0.2) is 4.79 Å². The molecule has 26 heavy (non-hydrogen) atoms. The predicted molar refractivity (Wildman–Crippen MR) is 102 cm³/mol. The van der Waals surface area contributed by atoms with Crippen LogP contribution in [0.25, 0.3) is 0 Å². The molecule has 0 saturated heterocycles. The van der Waals surface area contributed by atoms with E-state index in [1.54, 1.807) is 6.07 Å². The molecule has 0 unspecified atom stereocenters. The van der Waals surface area contributed by atoms with Gasteiger partial charge in [-0.15, -0.1) is 0 Å². The number of fused-ring (bicyclic) bond motifs is 1. The second-order valence-corrected chi connectivity index (χ2v) is 6.68. The topological polar surface area (TPSA) is 59.0 Å². The zero-order valence-electron chi connectivity index (χ0n) is 14.7. The number of nitrogens with zero attached hydrogens (tertiary/aromatic N) is 1. The summed E-state index contributed by atoms with van der Waals surface area (Å²) in [4.78, 5) is 13.2. The molecule has 2 aromatic rings. The number of benzene rings is 2. The van der Waals surface area contributed by atoms with Crippen LogP contribution in [0, 0.1) is 0 Å². The summed E-state index contributed by atoms with van der Waals surface area (Å²) in [5.74, 6) is 1.24. The fraction of sp³-hybridized carbons (Fsp3) is 0.350. The molecule has 0 atom stereocenters. The molecule has 0 bridgehead atoms. The molecule has 3 rings (SSSR count). The summed E-state index contributed by atoms with van der Waals surface area (Å²) in [5.41, 5.74) is 2.94. The standard InChI is InChI=1S/C20H22ClNO4/c1-2-11-25-18-9-8-15(21)12-14(18)13-22-10-4-5-16-17(22)6-3-7-19(16)26-20(23)24/h3,6-9,12H,2,4-5,10-11,13H2,1H3,(H,23,24). The van der Waals surface area contributed by atoms with Crippen LogP contribution in [-0.4, -0.2) is 24.4 Å². The molecule has 2 aromatic carbocycles. The van der Waals surface area contributed by atoms with Crippen molar-refractivity contribution in [2.24, 2.45) is 0 Å². The number of hydrogen-bond donors (Lipinski definition) is 1. The van der Waals surface area contributed by atoms with Gasteiger partial charge in [0.15, 0.2) is 0 Å². The number of halogens is 1. The van der Waals surface area contributed by atoms with Crippen molar-refractivity contribution in [3.05, 3.63) is 52.5 Å². The van der Waals surface area contributed by atoms with E-state index in [1.807, 2.05) is 30.3 Å². The zero-order valence-corrected chi connectivity index (χ0v) is 15.5. The SMILES string of the molecule is CCCOc1ccc(Cl)cc1CN1CCCc2c(OC(=O)O)cccc21. The Morgan fingerprint density at radius 2 is 2.12 bits per heavy atom. The van der Waals surface area contributed by atoms with Gasteiger partial charge in [-0.1, -0.05) is 24.6 Å². The number of ether oxygens (including phenoxy) is 2. The summed E-state index contributed by atoms with van der Waals surface area (Å²) in [6, 6.07) is 11.2. The Morgan fingerprint density at radius 3 is 2.88 bits per heavy atom. The molecule has 0 spiro atoms. The first kappa shape index (κ1) is 18.4. The van der Waals surface area contributed by atoms with Crippen LogP contribution >= 0.6 is 11.6 Å². The Hall–Kier alpha value is -2.40. The van der Waals surface area contributed by atoms with Crippen molar-refractivity contribution in [3.63, 3.8) is 0 Å². The van der Waals surface area contributed by atoms with E-state index in [1.165, 1.54) is 0 Å². The van der Waals surface area contributed by atoms with Crippen LogP contribution in [-0.2, 0) is 13.0 Å². The fourth-order valence-electron chi connectivity index (χ4n) is 3.25. The first-order valence-electron chi connectivity index (χ1n) is 8.77. The minimum Gasteiger partial charge on any atom is -0.493 e. The lowest BCUT2D eigenvalue weighted by atomic mass is 10.00. The summed E-state index contributed by atoms with van der Waals surface area (Å²) in [7, 11) is 0. The number of carboxylic acid groups (broad SMARTS) is 1. The molecule has 138 valence electrons. The van der Waals surface area contributed by atoms with E-state index in [0.717, 1.165) is 48.4 Å². The van der Waals surface area contributed by atoms with Crippen molar-refractivity contribution in [2.45, 2.75) is 32.7 Å². The highest BCUT2D eigenvalue weighted by atomic mass is 35.5. The average Bonchev–Trinajstić information content (AvgIpc) is 2.61. The molecule has 0 amide bonds. The Kier molecular flexibility index (Phi) is 5.89. The lowest BCUT2D eigenvalue weighted by molar-refractivity contribution is 0.144. The fourth-order valence-corrected chi connectivity index (χ4v) is 3.45. The van der Waals surface area contributed by atoms with Gasteiger partial charge in [0.05, 0.1) is 6.61 Å². The maximum absolute atomic E-state index is 10.9. The van der Waals surface area contributed by atoms with Crippen molar-refractivity contribution in [1.82, 2.24) is 0 Å². The van der Waals surface area contributed by atoms with E-state index in [9.17, 15) is 4.79 Å². The van der Waals surface area contributed by atoms with E-state index in [2.05, 4.69) is 11.8 Å². The Bertz CT molecular complexity index is 793. The van der Waals surface area contributed by atoms with E-state index >= 15 is 0 Å². The van der Waals surface area contributed by atoms with Crippen LogP contribution in [0.4, 0.5) is 10.5 Å². The monoisotopic (exact) mass is 375 g/mol. The van der Waals surface area contributed by atoms with Gasteiger partial charge in [0.25, 0.3) is 0 Å². The van der Waals surface area contributed by atoms with Crippen LogP contribution in [0.1, 0.15) is 30.9 Å². The highest BCUT2D eigenvalue weighted by molar-refractivity contribution is 6.30. The molecular weight excluding hydrogens is 354 g/mol. The second kappa shape index (κ2) is 8.32. The van der Waals surface area contributed by atoms with Crippen LogP contribution in [0.15, 0.2) is 36.4 Å². The van der Waals surface area contributed by atoms with Gasteiger partial charge in [-0.3, -0.25) is 0 Å². The van der Waals surface area contributed by atoms with Crippen molar-refractivity contribution in [2.75, 3.05) is 18.1 Å². The molecule has 5 nitrogen and oxygen atoms in total. The summed E-state index contributed by atoms with van der Waals surface area (Å²) in [5, 5.41) is 9.62. The molecule has 0 radical (unpaired) electrons.